The van der Waals surface area contributed by atoms with Gasteiger partial charge in [-0.3, -0.25) is 19.7 Å². The fourth-order valence-corrected chi connectivity index (χ4v) is 3.31. The van der Waals surface area contributed by atoms with Crippen molar-refractivity contribution in [3.05, 3.63) is 64.2 Å². The summed E-state index contributed by atoms with van der Waals surface area (Å²) < 4.78 is 0. The van der Waals surface area contributed by atoms with Gasteiger partial charge in [0.05, 0.1) is 4.92 Å². The summed E-state index contributed by atoms with van der Waals surface area (Å²) in [5.41, 5.74) is 2.48. The first kappa shape index (κ1) is 20.3. The molecular weight excluding hydrogens is 372 g/mol. The summed E-state index contributed by atoms with van der Waals surface area (Å²) in [6.07, 6.45) is 4.00. The van der Waals surface area contributed by atoms with Crippen LogP contribution in [0, 0.1) is 10.1 Å². The average molecular weight is 396 g/mol. The van der Waals surface area contributed by atoms with Crippen LogP contribution in [0.2, 0.25) is 0 Å². The molecule has 2 amide bonds. The first-order chi connectivity index (χ1) is 14.0. The van der Waals surface area contributed by atoms with E-state index in [2.05, 4.69) is 39.8 Å². The highest BCUT2D eigenvalue weighted by atomic mass is 16.6. The van der Waals surface area contributed by atoms with Crippen molar-refractivity contribution in [1.29, 1.82) is 0 Å². The Hall–Kier alpha value is -3.42. The minimum absolute atomic E-state index is 0.154. The summed E-state index contributed by atoms with van der Waals surface area (Å²) in [5.74, 6) is -1.61. The van der Waals surface area contributed by atoms with Crippen LogP contribution in [0.1, 0.15) is 24.8 Å². The minimum atomic E-state index is -0.847. The number of non-ortho nitro benzene ring substituents is 1. The van der Waals surface area contributed by atoms with E-state index in [9.17, 15) is 19.7 Å². The van der Waals surface area contributed by atoms with Crippen LogP contribution in [-0.2, 0) is 16.0 Å². The van der Waals surface area contributed by atoms with Gasteiger partial charge in [0.25, 0.3) is 5.69 Å². The maximum absolute atomic E-state index is 11.9. The Morgan fingerprint density at radius 2 is 1.76 bits per heavy atom. The van der Waals surface area contributed by atoms with Crippen LogP contribution in [0.5, 0.6) is 0 Å². The maximum Gasteiger partial charge on any atom is 0.313 e. The Kier molecular flexibility index (Phi) is 6.78. The molecule has 0 radical (unpaired) electrons. The molecule has 1 saturated heterocycles. The lowest BCUT2D eigenvalue weighted by Crippen LogP contribution is -2.36. The van der Waals surface area contributed by atoms with Gasteiger partial charge in [0.2, 0.25) is 0 Å². The van der Waals surface area contributed by atoms with Crippen LogP contribution in [0.25, 0.3) is 0 Å². The SMILES string of the molecule is O=C(NCCCc1ccc(N2CCCC2)cc1)C(=O)Nc1cccc([N+](=O)[O-])c1. The highest BCUT2D eigenvalue weighted by molar-refractivity contribution is 6.39. The van der Waals surface area contributed by atoms with Gasteiger partial charge >= 0.3 is 11.8 Å². The fraction of sp³-hybridized carbons (Fsp3) is 0.333. The third kappa shape index (κ3) is 5.78. The first-order valence-corrected chi connectivity index (χ1v) is 9.70. The van der Waals surface area contributed by atoms with Crippen LogP contribution in [-0.4, -0.2) is 36.4 Å². The van der Waals surface area contributed by atoms with Crippen molar-refractivity contribution in [2.45, 2.75) is 25.7 Å². The minimum Gasteiger partial charge on any atom is -0.372 e. The normalized spacial score (nSPS) is 13.2. The number of hydrogen-bond acceptors (Lipinski definition) is 5. The summed E-state index contributed by atoms with van der Waals surface area (Å²) >= 11 is 0. The van der Waals surface area contributed by atoms with Crippen molar-refractivity contribution in [3.8, 4) is 0 Å². The second-order valence-electron chi connectivity index (χ2n) is 6.98. The molecule has 0 aliphatic carbocycles. The second kappa shape index (κ2) is 9.68. The van der Waals surface area contributed by atoms with Crippen molar-refractivity contribution in [2.75, 3.05) is 29.9 Å². The number of benzene rings is 2. The molecular formula is C21H24N4O4. The molecule has 1 aliphatic rings. The largest absolute Gasteiger partial charge is 0.372 e. The maximum atomic E-state index is 11.9. The van der Waals surface area contributed by atoms with Gasteiger partial charge in [-0.05, 0) is 49.4 Å². The molecule has 1 fully saturated rings. The van der Waals surface area contributed by atoms with Gasteiger partial charge in [0.1, 0.15) is 0 Å². The van der Waals surface area contributed by atoms with E-state index in [1.165, 1.54) is 48.4 Å². The lowest BCUT2D eigenvalue weighted by atomic mass is 10.1. The molecule has 0 bridgehead atoms. The predicted octanol–water partition coefficient (Wildman–Crippen LogP) is 2.88. The van der Waals surface area contributed by atoms with E-state index in [1.54, 1.807) is 0 Å². The Bertz CT molecular complexity index is 877. The molecule has 1 heterocycles. The van der Waals surface area contributed by atoms with Gasteiger partial charge in [-0.2, -0.15) is 0 Å². The summed E-state index contributed by atoms with van der Waals surface area (Å²) in [6.45, 7) is 2.60. The number of carbonyl (C=O) groups excluding carboxylic acids is 2. The molecule has 0 unspecified atom stereocenters. The van der Waals surface area contributed by atoms with Crippen LogP contribution in [0.3, 0.4) is 0 Å². The van der Waals surface area contributed by atoms with Crippen LogP contribution in [0.4, 0.5) is 17.1 Å². The van der Waals surface area contributed by atoms with Gasteiger partial charge < -0.3 is 15.5 Å². The summed E-state index contributed by atoms with van der Waals surface area (Å²) in [6, 6.07) is 13.9. The number of rotatable bonds is 7. The molecule has 0 saturated carbocycles. The smallest absolute Gasteiger partial charge is 0.313 e. The zero-order chi connectivity index (χ0) is 20.6. The fourth-order valence-electron chi connectivity index (χ4n) is 3.31. The van der Waals surface area contributed by atoms with E-state index < -0.39 is 16.7 Å². The Morgan fingerprint density at radius 3 is 2.45 bits per heavy atom. The number of carbonyl (C=O) groups is 2. The molecule has 3 rings (SSSR count). The highest BCUT2D eigenvalue weighted by Gasteiger charge is 2.15. The summed E-state index contributed by atoms with van der Waals surface area (Å²) in [7, 11) is 0. The standard InChI is InChI=1S/C21H24N4O4/c26-20(21(27)23-17-6-3-7-19(15-17)25(28)29)22-12-4-5-16-8-10-18(11-9-16)24-13-1-2-14-24/h3,6-11,15H,1-2,4-5,12-14H2,(H,22,26)(H,23,27). The Balaban J connectivity index is 1.39. The van der Waals surface area contributed by atoms with Gasteiger partial charge in [-0.1, -0.05) is 18.2 Å². The molecule has 29 heavy (non-hydrogen) atoms. The summed E-state index contributed by atoms with van der Waals surface area (Å²) in [4.78, 5) is 36.4. The van der Waals surface area contributed by atoms with Crippen LogP contribution < -0.4 is 15.5 Å². The van der Waals surface area contributed by atoms with Crippen molar-refractivity contribution >= 4 is 28.9 Å². The van der Waals surface area contributed by atoms with E-state index in [-0.39, 0.29) is 11.4 Å². The Morgan fingerprint density at radius 1 is 1.03 bits per heavy atom. The third-order valence-corrected chi connectivity index (χ3v) is 4.86. The number of nitro groups is 1. The topological polar surface area (TPSA) is 105 Å². The van der Waals surface area contributed by atoms with Crippen LogP contribution >= 0.6 is 0 Å². The van der Waals surface area contributed by atoms with E-state index in [0.717, 1.165) is 19.5 Å². The van der Waals surface area contributed by atoms with Gasteiger partial charge in [0.15, 0.2) is 0 Å². The number of aryl methyl sites for hydroxylation is 1. The molecule has 8 heteroatoms. The zero-order valence-electron chi connectivity index (χ0n) is 16.1. The molecule has 2 N–H and O–H groups in total. The third-order valence-electron chi connectivity index (χ3n) is 4.86. The van der Waals surface area contributed by atoms with Crippen molar-refractivity contribution < 1.29 is 14.5 Å². The predicted molar refractivity (Wildman–Crippen MR) is 111 cm³/mol. The van der Waals surface area contributed by atoms with E-state index in [0.29, 0.717) is 13.0 Å². The van der Waals surface area contributed by atoms with Gasteiger partial charge in [-0.25, -0.2) is 0 Å². The highest BCUT2D eigenvalue weighted by Crippen LogP contribution is 2.21. The van der Waals surface area contributed by atoms with Crippen molar-refractivity contribution in [2.24, 2.45) is 0 Å². The number of amides is 2. The molecule has 1 aliphatic heterocycles. The number of nitrogens with zero attached hydrogens (tertiary/aromatic N) is 2. The molecule has 0 spiro atoms. The van der Waals surface area contributed by atoms with Gasteiger partial charge in [0, 0.05) is 43.1 Å². The van der Waals surface area contributed by atoms with E-state index >= 15 is 0 Å². The molecule has 152 valence electrons. The zero-order valence-corrected chi connectivity index (χ0v) is 16.1. The molecule has 0 atom stereocenters. The molecule has 0 aromatic heterocycles. The first-order valence-electron chi connectivity index (χ1n) is 9.70. The monoisotopic (exact) mass is 396 g/mol. The number of nitro benzene ring substituents is 1. The average Bonchev–Trinajstić information content (AvgIpc) is 3.26. The number of anilines is 2. The quantitative estimate of drug-likeness (QED) is 0.324. The summed E-state index contributed by atoms with van der Waals surface area (Å²) in [5, 5.41) is 15.7. The number of nitrogens with one attached hydrogen (secondary N) is 2. The molecule has 8 nitrogen and oxygen atoms in total. The molecule has 2 aromatic rings. The Labute approximate surface area is 169 Å². The lowest BCUT2D eigenvalue weighted by Gasteiger charge is -2.17. The van der Waals surface area contributed by atoms with E-state index in [1.807, 2.05) is 0 Å². The lowest BCUT2D eigenvalue weighted by molar-refractivity contribution is -0.384. The second-order valence-corrected chi connectivity index (χ2v) is 6.98. The van der Waals surface area contributed by atoms with E-state index in [4.69, 9.17) is 0 Å². The van der Waals surface area contributed by atoms with Crippen LogP contribution in [0.15, 0.2) is 48.5 Å². The van der Waals surface area contributed by atoms with Gasteiger partial charge in [-0.15, -0.1) is 0 Å². The number of hydrogen-bond donors (Lipinski definition) is 2. The molecule has 2 aromatic carbocycles. The van der Waals surface area contributed by atoms with Crippen molar-refractivity contribution in [3.63, 3.8) is 0 Å². The van der Waals surface area contributed by atoms with Crippen molar-refractivity contribution in [1.82, 2.24) is 5.32 Å².